The molecule has 1 atom stereocenters. The molecule has 144 valence electrons. The molecule has 0 saturated carbocycles. The molecule has 2 aromatic rings. The molecule has 0 bridgehead atoms. The number of hydrogen-bond donors (Lipinski definition) is 2. The molecule has 7 nitrogen and oxygen atoms in total. The zero-order valence-corrected chi connectivity index (χ0v) is 16.2. The zero-order valence-electron chi connectivity index (χ0n) is 15.4. The van der Waals surface area contributed by atoms with Gasteiger partial charge < -0.3 is 14.8 Å². The minimum atomic E-state index is -3.83. The zero-order chi connectivity index (χ0) is 19.6. The Morgan fingerprint density at radius 3 is 2.59 bits per heavy atom. The molecular weight excluding hydrogens is 368 g/mol. The Kier molecular flexibility index (Phi) is 5.27. The molecule has 27 heavy (non-hydrogen) atoms. The Morgan fingerprint density at radius 1 is 1.26 bits per heavy atom. The minimum absolute atomic E-state index is 0.0441. The van der Waals surface area contributed by atoms with Gasteiger partial charge in [0.1, 0.15) is 17.6 Å². The molecule has 3 rings (SSSR count). The SMILES string of the molecule is CCOc1cc2c(cc1NS(=O)(=O)c1ccc(NC(C)=O)cc1)OC(C)C2. The van der Waals surface area contributed by atoms with Crippen molar-refractivity contribution in [1.82, 2.24) is 0 Å². The lowest BCUT2D eigenvalue weighted by Gasteiger charge is -2.15. The number of carbonyl (C=O) groups is 1. The average Bonchev–Trinajstić information content (AvgIpc) is 2.94. The van der Waals surface area contributed by atoms with Crippen molar-refractivity contribution in [2.24, 2.45) is 0 Å². The topological polar surface area (TPSA) is 93.7 Å². The van der Waals surface area contributed by atoms with Gasteiger partial charge >= 0.3 is 0 Å². The van der Waals surface area contributed by atoms with Crippen LogP contribution in [0.1, 0.15) is 26.3 Å². The summed E-state index contributed by atoms with van der Waals surface area (Å²) in [6, 6.07) is 9.41. The highest BCUT2D eigenvalue weighted by molar-refractivity contribution is 7.92. The van der Waals surface area contributed by atoms with E-state index >= 15 is 0 Å². The summed E-state index contributed by atoms with van der Waals surface area (Å²) < 4.78 is 39.4. The molecule has 1 heterocycles. The quantitative estimate of drug-likeness (QED) is 0.790. The number of ether oxygens (including phenoxy) is 2. The second kappa shape index (κ2) is 7.48. The third kappa shape index (κ3) is 4.33. The van der Waals surface area contributed by atoms with Crippen LogP contribution in [0.4, 0.5) is 11.4 Å². The van der Waals surface area contributed by atoms with Crippen LogP contribution >= 0.6 is 0 Å². The maximum Gasteiger partial charge on any atom is 0.262 e. The first-order chi connectivity index (χ1) is 12.8. The van der Waals surface area contributed by atoms with Crippen molar-refractivity contribution >= 4 is 27.3 Å². The number of benzene rings is 2. The molecular formula is C19H22N2O5S. The van der Waals surface area contributed by atoms with Crippen LogP contribution in [0.15, 0.2) is 41.3 Å². The molecule has 0 spiro atoms. The Bertz CT molecular complexity index is 955. The largest absolute Gasteiger partial charge is 0.492 e. The number of hydrogen-bond acceptors (Lipinski definition) is 5. The second-order valence-corrected chi connectivity index (χ2v) is 8.02. The number of nitrogens with one attached hydrogen (secondary N) is 2. The molecule has 1 unspecified atom stereocenters. The molecule has 1 aliphatic heterocycles. The summed E-state index contributed by atoms with van der Waals surface area (Å²) >= 11 is 0. The molecule has 1 aliphatic rings. The summed E-state index contributed by atoms with van der Waals surface area (Å²) in [4.78, 5) is 11.2. The van der Waals surface area contributed by atoms with E-state index in [9.17, 15) is 13.2 Å². The van der Waals surface area contributed by atoms with Gasteiger partial charge in [-0.1, -0.05) is 0 Å². The maximum absolute atomic E-state index is 12.8. The summed E-state index contributed by atoms with van der Waals surface area (Å²) in [6.07, 6.45) is 0.801. The molecule has 2 N–H and O–H groups in total. The number of anilines is 2. The van der Waals surface area contributed by atoms with Crippen LogP contribution in [0.25, 0.3) is 0 Å². The number of fused-ring (bicyclic) bond motifs is 1. The van der Waals surface area contributed by atoms with Gasteiger partial charge in [-0.25, -0.2) is 8.42 Å². The number of amides is 1. The second-order valence-electron chi connectivity index (χ2n) is 6.33. The van der Waals surface area contributed by atoms with E-state index in [0.717, 1.165) is 12.0 Å². The first-order valence-corrected chi connectivity index (χ1v) is 10.1. The van der Waals surface area contributed by atoms with Gasteiger partial charge in [0.15, 0.2) is 0 Å². The fraction of sp³-hybridized carbons (Fsp3) is 0.316. The highest BCUT2D eigenvalue weighted by Crippen LogP contribution is 2.38. The lowest BCUT2D eigenvalue weighted by Crippen LogP contribution is -2.14. The first kappa shape index (κ1) is 19.0. The highest BCUT2D eigenvalue weighted by Gasteiger charge is 2.24. The van der Waals surface area contributed by atoms with Crippen molar-refractivity contribution in [1.29, 1.82) is 0 Å². The standard InChI is InChI=1S/C19H22N2O5S/c1-4-25-19-10-14-9-12(2)26-18(14)11-17(19)21-27(23,24)16-7-5-15(6-8-16)20-13(3)22/h5-8,10-12,21H,4,9H2,1-3H3,(H,20,22). The van der Waals surface area contributed by atoms with E-state index < -0.39 is 10.0 Å². The van der Waals surface area contributed by atoms with Gasteiger partial charge in [-0.15, -0.1) is 0 Å². The fourth-order valence-corrected chi connectivity index (χ4v) is 3.98. The van der Waals surface area contributed by atoms with Crippen LogP contribution in [0.5, 0.6) is 11.5 Å². The van der Waals surface area contributed by atoms with Crippen molar-refractivity contribution in [3.05, 3.63) is 42.0 Å². The van der Waals surface area contributed by atoms with Gasteiger partial charge in [0.25, 0.3) is 10.0 Å². The molecule has 0 aliphatic carbocycles. The van der Waals surface area contributed by atoms with Crippen molar-refractivity contribution < 1.29 is 22.7 Å². The monoisotopic (exact) mass is 390 g/mol. The van der Waals surface area contributed by atoms with Gasteiger partial charge in [0.05, 0.1) is 17.2 Å². The predicted molar refractivity (Wildman–Crippen MR) is 103 cm³/mol. The Balaban J connectivity index is 1.89. The normalized spacial score (nSPS) is 15.6. The fourth-order valence-electron chi connectivity index (χ4n) is 2.92. The highest BCUT2D eigenvalue weighted by atomic mass is 32.2. The lowest BCUT2D eigenvalue weighted by molar-refractivity contribution is -0.114. The summed E-state index contributed by atoms with van der Waals surface area (Å²) in [5.41, 5.74) is 1.85. The molecule has 0 radical (unpaired) electrons. The van der Waals surface area contributed by atoms with E-state index in [0.29, 0.717) is 29.5 Å². The molecule has 2 aromatic carbocycles. The van der Waals surface area contributed by atoms with Crippen LogP contribution in [0.3, 0.4) is 0 Å². The molecule has 0 saturated heterocycles. The van der Waals surface area contributed by atoms with Crippen LogP contribution in [0, 0.1) is 0 Å². The average molecular weight is 390 g/mol. The molecule has 1 amide bonds. The van der Waals surface area contributed by atoms with Gasteiger partial charge in [-0.3, -0.25) is 9.52 Å². The van der Waals surface area contributed by atoms with E-state index in [1.165, 1.54) is 31.2 Å². The van der Waals surface area contributed by atoms with E-state index in [2.05, 4.69) is 10.0 Å². The molecule has 8 heteroatoms. The number of carbonyl (C=O) groups excluding carboxylic acids is 1. The van der Waals surface area contributed by atoms with E-state index in [-0.39, 0.29) is 16.9 Å². The Labute approximate surface area is 158 Å². The van der Waals surface area contributed by atoms with Crippen molar-refractivity contribution in [2.75, 3.05) is 16.6 Å². The van der Waals surface area contributed by atoms with Crippen LogP contribution in [-0.2, 0) is 21.2 Å². The molecule has 0 fully saturated rings. The van der Waals surface area contributed by atoms with Crippen LogP contribution in [0.2, 0.25) is 0 Å². The van der Waals surface area contributed by atoms with Crippen molar-refractivity contribution in [3.8, 4) is 11.5 Å². The summed E-state index contributed by atoms with van der Waals surface area (Å²) in [5, 5.41) is 2.60. The maximum atomic E-state index is 12.8. The Morgan fingerprint density at radius 2 is 1.96 bits per heavy atom. The molecule has 0 aromatic heterocycles. The van der Waals surface area contributed by atoms with E-state index in [1.807, 2.05) is 19.9 Å². The van der Waals surface area contributed by atoms with Gasteiger partial charge in [0.2, 0.25) is 5.91 Å². The predicted octanol–water partition coefficient (Wildman–Crippen LogP) is 3.17. The summed E-state index contributed by atoms with van der Waals surface area (Å²) in [7, 11) is -3.83. The van der Waals surface area contributed by atoms with Gasteiger partial charge in [-0.2, -0.15) is 0 Å². The number of rotatable bonds is 6. The van der Waals surface area contributed by atoms with Gasteiger partial charge in [0, 0.05) is 30.7 Å². The van der Waals surface area contributed by atoms with Crippen molar-refractivity contribution in [2.45, 2.75) is 38.2 Å². The lowest BCUT2D eigenvalue weighted by atomic mass is 10.1. The summed E-state index contributed by atoms with van der Waals surface area (Å²) in [6.45, 7) is 5.60. The van der Waals surface area contributed by atoms with Crippen LogP contribution in [-0.4, -0.2) is 27.0 Å². The van der Waals surface area contributed by atoms with E-state index in [1.54, 1.807) is 6.07 Å². The summed E-state index contributed by atoms with van der Waals surface area (Å²) in [5.74, 6) is 0.898. The van der Waals surface area contributed by atoms with E-state index in [4.69, 9.17) is 9.47 Å². The minimum Gasteiger partial charge on any atom is -0.492 e. The first-order valence-electron chi connectivity index (χ1n) is 8.65. The third-order valence-electron chi connectivity index (χ3n) is 4.03. The van der Waals surface area contributed by atoms with Crippen LogP contribution < -0.4 is 19.5 Å². The van der Waals surface area contributed by atoms with Gasteiger partial charge in [-0.05, 0) is 44.2 Å². The number of sulfonamides is 1. The Hall–Kier alpha value is -2.74. The third-order valence-corrected chi connectivity index (χ3v) is 5.41. The smallest absolute Gasteiger partial charge is 0.262 e. The van der Waals surface area contributed by atoms with Crippen molar-refractivity contribution in [3.63, 3.8) is 0 Å².